The van der Waals surface area contributed by atoms with Crippen LogP contribution >= 0.6 is 0 Å². The van der Waals surface area contributed by atoms with Gasteiger partial charge in [0.15, 0.2) is 0 Å². The van der Waals surface area contributed by atoms with Crippen molar-refractivity contribution in [3.63, 3.8) is 0 Å². The van der Waals surface area contributed by atoms with Crippen LogP contribution in [0.15, 0.2) is 12.1 Å². The number of aromatic nitrogens is 2. The van der Waals surface area contributed by atoms with E-state index in [0.717, 1.165) is 0 Å². The zero-order valence-electron chi connectivity index (χ0n) is 5.31. The molecule has 0 saturated carbocycles. The van der Waals surface area contributed by atoms with Crippen LogP contribution in [0.1, 0.15) is 5.69 Å². The number of aryl methyl sites for hydroxylation is 1. The van der Waals surface area contributed by atoms with Gasteiger partial charge in [-0.3, -0.25) is 0 Å². The van der Waals surface area contributed by atoms with Gasteiger partial charge in [0.05, 0.1) is 10.8 Å². The summed E-state index contributed by atoms with van der Waals surface area (Å²) in [6, 6.07) is 2.87. The lowest BCUT2D eigenvalue weighted by molar-refractivity contribution is -0.390. The lowest BCUT2D eigenvalue weighted by Crippen LogP contribution is -1.94. The van der Waals surface area contributed by atoms with Gasteiger partial charge >= 0.3 is 5.82 Å². The molecule has 1 rings (SSSR count). The van der Waals surface area contributed by atoms with Crippen molar-refractivity contribution in [1.29, 1.82) is 0 Å². The number of hydrogen-bond acceptors (Lipinski definition) is 4. The van der Waals surface area contributed by atoms with Crippen LogP contribution < -0.4 is 0 Å². The van der Waals surface area contributed by atoms with Crippen LogP contribution in [0.4, 0.5) is 5.82 Å². The van der Waals surface area contributed by atoms with Gasteiger partial charge in [0.25, 0.3) is 0 Å². The van der Waals surface area contributed by atoms with Crippen molar-refractivity contribution in [3.05, 3.63) is 27.9 Å². The number of nitrogens with zero attached hydrogens (tertiary/aromatic N) is 3. The molecular formula is C5H5N3O2. The maximum absolute atomic E-state index is 10.0. The van der Waals surface area contributed by atoms with Crippen molar-refractivity contribution in [3.8, 4) is 0 Å². The molecule has 0 N–H and O–H groups in total. The molecule has 0 aliphatic heterocycles. The summed E-state index contributed by atoms with van der Waals surface area (Å²) in [5, 5.41) is 16.9. The minimum atomic E-state index is -0.577. The third-order valence-electron chi connectivity index (χ3n) is 0.971. The van der Waals surface area contributed by atoms with Crippen molar-refractivity contribution in [2.24, 2.45) is 0 Å². The van der Waals surface area contributed by atoms with Crippen LogP contribution in [0.3, 0.4) is 0 Å². The highest BCUT2D eigenvalue weighted by Gasteiger charge is 2.04. The van der Waals surface area contributed by atoms with E-state index in [4.69, 9.17) is 0 Å². The predicted molar refractivity (Wildman–Crippen MR) is 33.4 cm³/mol. The van der Waals surface area contributed by atoms with E-state index in [9.17, 15) is 10.1 Å². The molecule has 52 valence electrons. The molecule has 1 aromatic heterocycles. The molecule has 0 aliphatic rings. The minimum Gasteiger partial charge on any atom is -0.358 e. The van der Waals surface area contributed by atoms with Gasteiger partial charge in [-0.25, -0.2) is 0 Å². The van der Waals surface area contributed by atoms with E-state index in [1.807, 2.05) is 0 Å². The Morgan fingerprint density at radius 1 is 1.50 bits per heavy atom. The SMILES string of the molecule is Cc1ccc([N+](=O)[O-])nn1. The van der Waals surface area contributed by atoms with E-state index < -0.39 is 4.92 Å². The van der Waals surface area contributed by atoms with E-state index in [2.05, 4.69) is 10.2 Å². The Bertz CT molecular complexity index is 244. The van der Waals surface area contributed by atoms with Crippen LogP contribution in [0.2, 0.25) is 0 Å². The molecule has 0 bridgehead atoms. The molecule has 0 fully saturated rings. The monoisotopic (exact) mass is 139 g/mol. The van der Waals surface area contributed by atoms with Crippen LogP contribution in [0.5, 0.6) is 0 Å². The Balaban J connectivity index is 3.00. The second-order valence-electron chi connectivity index (χ2n) is 1.79. The van der Waals surface area contributed by atoms with Gasteiger partial charge in [-0.05, 0) is 23.0 Å². The fourth-order valence-electron chi connectivity index (χ4n) is 0.489. The molecule has 5 heteroatoms. The molecule has 0 aliphatic carbocycles. The van der Waals surface area contributed by atoms with E-state index in [1.54, 1.807) is 13.0 Å². The Labute approximate surface area is 56.9 Å². The average Bonchev–Trinajstić information content (AvgIpc) is 1.88. The lowest BCUT2D eigenvalue weighted by Gasteiger charge is -1.87. The largest absolute Gasteiger partial charge is 0.390 e. The topological polar surface area (TPSA) is 68.9 Å². The first-order chi connectivity index (χ1) is 4.70. The van der Waals surface area contributed by atoms with Crippen LogP contribution in [-0.2, 0) is 0 Å². The molecule has 1 heterocycles. The zero-order valence-corrected chi connectivity index (χ0v) is 5.31. The quantitative estimate of drug-likeness (QED) is 0.424. The molecule has 0 atom stereocenters. The van der Waals surface area contributed by atoms with E-state index in [1.165, 1.54) is 6.07 Å². The Kier molecular flexibility index (Phi) is 1.57. The minimum absolute atomic E-state index is 0.217. The van der Waals surface area contributed by atoms with E-state index in [0.29, 0.717) is 5.69 Å². The fraction of sp³-hybridized carbons (Fsp3) is 0.200. The summed E-state index contributed by atoms with van der Waals surface area (Å²) >= 11 is 0. The first-order valence-electron chi connectivity index (χ1n) is 2.65. The normalized spacial score (nSPS) is 9.30. The summed E-state index contributed by atoms with van der Waals surface area (Å²) in [7, 11) is 0. The average molecular weight is 139 g/mol. The van der Waals surface area contributed by atoms with Crippen LogP contribution in [0, 0.1) is 17.0 Å². The number of rotatable bonds is 1. The van der Waals surface area contributed by atoms with Gasteiger partial charge in [0.1, 0.15) is 0 Å². The molecule has 10 heavy (non-hydrogen) atoms. The van der Waals surface area contributed by atoms with Crippen molar-refractivity contribution in [2.45, 2.75) is 6.92 Å². The summed E-state index contributed by atoms with van der Waals surface area (Å²) < 4.78 is 0. The smallest absolute Gasteiger partial charge is 0.358 e. The van der Waals surface area contributed by atoms with Crippen molar-refractivity contribution < 1.29 is 4.92 Å². The first-order valence-corrected chi connectivity index (χ1v) is 2.65. The second kappa shape index (κ2) is 2.38. The Morgan fingerprint density at radius 2 is 2.20 bits per heavy atom. The van der Waals surface area contributed by atoms with Gasteiger partial charge < -0.3 is 10.1 Å². The maximum Gasteiger partial charge on any atom is 0.390 e. The standard InChI is InChI=1S/C5H5N3O2/c1-4-2-3-5(7-6-4)8(9)10/h2-3H,1H3. The molecule has 0 spiro atoms. The lowest BCUT2D eigenvalue weighted by atomic mass is 10.4. The highest BCUT2D eigenvalue weighted by molar-refractivity contribution is 5.16. The van der Waals surface area contributed by atoms with Gasteiger partial charge in [-0.1, -0.05) is 0 Å². The highest BCUT2D eigenvalue weighted by Crippen LogP contribution is 2.02. The first kappa shape index (κ1) is 6.60. The molecule has 0 unspecified atom stereocenters. The van der Waals surface area contributed by atoms with Gasteiger partial charge in [-0.2, -0.15) is 0 Å². The molecule has 1 aromatic rings. The van der Waals surface area contributed by atoms with E-state index in [-0.39, 0.29) is 5.82 Å². The zero-order chi connectivity index (χ0) is 7.56. The predicted octanol–water partition coefficient (Wildman–Crippen LogP) is 0.693. The van der Waals surface area contributed by atoms with Gasteiger partial charge in [-0.15, -0.1) is 0 Å². The summed E-state index contributed by atoms with van der Waals surface area (Å²) in [4.78, 5) is 9.44. The van der Waals surface area contributed by atoms with Gasteiger partial charge in [0, 0.05) is 6.07 Å². The summed E-state index contributed by atoms with van der Waals surface area (Å²) in [6.07, 6.45) is 0. The van der Waals surface area contributed by atoms with Crippen molar-refractivity contribution >= 4 is 5.82 Å². The maximum atomic E-state index is 10.0. The second-order valence-corrected chi connectivity index (χ2v) is 1.79. The summed E-state index contributed by atoms with van der Waals surface area (Å²) in [6.45, 7) is 1.72. The fourth-order valence-corrected chi connectivity index (χ4v) is 0.489. The van der Waals surface area contributed by atoms with Crippen LogP contribution in [0.25, 0.3) is 0 Å². The van der Waals surface area contributed by atoms with Crippen molar-refractivity contribution in [2.75, 3.05) is 0 Å². The molecule has 0 aromatic carbocycles. The molecular weight excluding hydrogens is 134 g/mol. The van der Waals surface area contributed by atoms with Gasteiger partial charge in [0.2, 0.25) is 0 Å². The molecule has 0 saturated heterocycles. The summed E-state index contributed by atoms with van der Waals surface area (Å²) in [5.74, 6) is -0.217. The molecule has 0 amide bonds. The summed E-state index contributed by atoms with van der Waals surface area (Å²) in [5.41, 5.74) is 0.672. The number of nitro groups is 1. The molecule has 0 radical (unpaired) electrons. The Hall–Kier alpha value is -1.52. The molecule has 5 nitrogen and oxygen atoms in total. The van der Waals surface area contributed by atoms with E-state index >= 15 is 0 Å². The number of hydrogen-bond donors (Lipinski definition) is 0. The highest BCUT2D eigenvalue weighted by atomic mass is 16.6. The third-order valence-corrected chi connectivity index (χ3v) is 0.971. The Morgan fingerprint density at radius 3 is 2.60 bits per heavy atom. The van der Waals surface area contributed by atoms with Crippen molar-refractivity contribution in [1.82, 2.24) is 10.2 Å². The van der Waals surface area contributed by atoms with Crippen LogP contribution in [-0.4, -0.2) is 15.1 Å². The third kappa shape index (κ3) is 1.25.